The number of halogens is 3. The van der Waals surface area contributed by atoms with E-state index in [0.29, 0.717) is 16.8 Å². The van der Waals surface area contributed by atoms with Crippen molar-refractivity contribution < 1.29 is 22.5 Å². The summed E-state index contributed by atoms with van der Waals surface area (Å²) in [5.74, 6) is -0.834. The smallest absolute Gasteiger partial charge is 0.343 e. The number of nitrogens with one attached hydrogen (secondary N) is 1. The van der Waals surface area contributed by atoms with Crippen molar-refractivity contribution in [2.24, 2.45) is 0 Å². The fourth-order valence-corrected chi connectivity index (χ4v) is 1.67. The third-order valence-corrected chi connectivity index (χ3v) is 2.44. The normalized spacial score (nSPS) is 11.8. The first-order valence-corrected chi connectivity index (χ1v) is 5.36. The second kappa shape index (κ2) is 4.52. The Balaban J connectivity index is 2.38. The largest absolute Gasteiger partial charge is 0.405 e. The maximum absolute atomic E-state index is 12.1. The number of aryl methyl sites for hydroxylation is 2. The van der Waals surface area contributed by atoms with Crippen LogP contribution in [0.5, 0.6) is 0 Å². The fraction of sp³-hybridized carbons (Fsp3) is 0.364. The predicted molar refractivity (Wildman–Crippen MR) is 59.7 cm³/mol. The summed E-state index contributed by atoms with van der Waals surface area (Å²) in [4.78, 5) is 15.8. The van der Waals surface area contributed by atoms with Gasteiger partial charge in [0.2, 0.25) is 0 Å². The molecule has 2 aromatic rings. The van der Waals surface area contributed by atoms with Crippen molar-refractivity contribution in [3.63, 3.8) is 0 Å². The molecule has 0 aromatic carbocycles. The van der Waals surface area contributed by atoms with Crippen molar-refractivity contribution in [3.05, 3.63) is 23.0 Å². The molecule has 2 aromatic heterocycles. The summed E-state index contributed by atoms with van der Waals surface area (Å²) in [7, 11) is 0. The Morgan fingerprint density at radius 3 is 2.74 bits per heavy atom. The molecule has 5 nitrogen and oxygen atoms in total. The molecule has 0 unspecified atom stereocenters. The predicted octanol–water partition coefficient (Wildman–Crippen LogP) is 2.13. The maximum Gasteiger partial charge on any atom is 0.405 e. The van der Waals surface area contributed by atoms with E-state index in [2.05, 4.69) is 10.1 Å². The highest BCUT2D eigenvalue weighted by molar-refractivity contribution is 6.06. The molecular weight excluding hydrogens is 263 g/mol. The number of alkyl halides is 3. The first kappa shape index (κ1) is 13.3. The van der Waals surface area contributed by atoms with Gasteiger partial charge in [-0.1, -0.05) is 5.16 Å². The Kier molecular flexibility index (Phi) is 3.17. The fourth-order valence-electron chi connectivity index (χ4n) is 1.67. The Bertz CT molecular complexity index is 634. The Labute approximate surface area is 105 Å². The molecule has 19 heavy (non-hydrogen) atoms. The van der Waals surface area contributed by atoms with Gasteiger partial charge in [0.25, 0.3) is 11.6 Å². The van der Waals surface area contributed by atoms with Gasteiger partial charge in [-0.05, 0) is 19.9 Å². The molecule has 0 radical (unpaired) electrons. The van der Waals surface area contributed by atoms with E-state index in [1.807, 2.05) is 5.32 Å². The molecule has 0 saturated carbocycles. The molecule has 1 amide bonds. The minimum Gasteiger partial charge on any atom is -0.343 e. The quantitative estimate of drug-likeness (QED) is 0.910. The van der Waals surface area contributed by atoms with Crippen molar-refractivity contribution in [1.82, 2.24) is 15.5 Å². The van der Waals surface area contributed by atoms with Crippen LogP contribution in [0, 0.1) is 13.8 Å². The molecular formula is C11H10F3N3O2. The zero-order valence-corrected chi connectivity index (χ0v) is 10.1. The highest BCUT2D eigenvalue weighted by Gasteiger charge is 2.28. The van der Waals surface area contributed by atoms with E-state index in [9.17, 15) is 18.0 Å². The molecule has 0 fully saturated rings. The molecule has 102 valence electrons. The Morgan fingerprint density at radius 2 is 2.11 bits per heavy atom. The van der Waals surface area contributed by atoms with Gasteiger partial charge in [-0.25, -0.2) is 4.98 Å². The van der Waals surface area contributed by atoms with Crippen molar-refractivity contribution in [2.45, 2.75) is 20.0 Å². The molecule has 0 atom stereocenters. The number of hydrogen-bond donors (Lipinski definition) is 1. The molecule has 0 aliphatic rings. The number of amides is 1. The molecule has 2 heterocycles. The molecule has 1 N–H and O–H groups in total. The first-order valence-electron chi connectivity index (χ1n) is 5.36. The molecule has 2 rings (SSSR count). The molecule has 0 aliphatic carbocycles. The number of hydrogen-bond acceptors (Lipinski definition) is 4. The monoisotopic (exact) mass is 273 g/mol. The summed E-state index contributed by atoms with van der Waals surface area (Å²) < 4.78 is 41.2. The minimum absolute atomic E-state index is 0.0745. The van der Waals surface area contributed by atoms with Gasteiger partial charge in [-0.2, -0.15) is 13.2 Å². The third-order valence-electron chi connectivity index (χ3n) is 2.44. The summed E-state index contributed by atoms with van der Waals surface area (Å²) >= 11 is 0. The van der Waals surface area contributed by atoms with E-state index in [1.165, 1.54) is 6.07 Å². The maximum atomic E-state index is 12.1. The van der Waals surface area contributed by atoms with E-state index >= 15 is 0 Å². The molecule has 8 heteroatoms. The van der Waals surface area contributed by atoms with Crippen LogP contribution >= 0.6 is 0 Å². The highest BCUT2D eigenvalue weighted by Crippen LogP contribution is 2.22. The van der Waals surface area contributed by atoms with E-state index in [1.54, 1.807) is 13.8 Å². The van der Waals surface area contributed by atoms with Crippen LogP contribution in [0.2, 0.25) is 0 Å². The van der Waals surface area contributed by atoms with Crippen LogP contribution in [0.3, 0.4) is 0 Å². The number of carbonyl (C=O) groups is 1. The van der Waals surface area contributed by atoms with E-state index < -0.39 is 18.6 Å². The van der Waals surface area contributed by atoms with Crippen molar-refractivity contribution in [2.75, 3.05) is 6.54 Å². The topological polar surface area (TPSA) is 68.0 Å². The van der Waals surface area contributed by atoms with Crippen LogP contribution in [0.1, 0.15) is 21.7 Å². The standard InChI is InChI=1S/C11H10F3N3O2/c1-5-3-7(9(18)15-4-11(12,13)14)8-6(2)17-19-10(8)16-5/h3H,4H2,1-2H3,(H,15,18). The van der Waals surface area contributed by atoms with Gasteiger partial charge in [-0.3, -0.25) is 4.79 Å². The molecule has 0 aliphatic heterocycles. The van der Waals surface area contributed by atoms with Crippen LogP contribution in [0.15, 0.2) is 10.6 Å². The second-order valence-electron chi connectivity index (χ2n) is 4.06. The zero-order valence-electron chi connectivity index (χ0n) is 10.1. The summed E-state index contributed by atoms with van der Waals surface area (Å²) in [6, 6.07) is 1.40. The highest BCUT2D eigenvalue weighted by atomic mass is 19.4. The van der Waals surface area contributed by atoms with E-state index in [0.717, 1.165) is 0 Å². The lowest BCUT2D eigenvalue weighted by atomic mass is 10.1. The second-order valence-corrected chi connectivity index (χ2v) is 4.06. The van der Waals surface area contributed by atoms with E-state index in [-0.39, 0.29) is 11.3 Å². The van der Waals surface area contributed by atoms with Gasteiger partial charge in [0.1, 0.15) is 6.54 Å². The van der Waals surface area contributed by atoms with Crippen LogP contribution in [-0.2, 0) is 0 Å². The van der Waals surface area contributed by atoms with Gasteiger partial charge in [0.05, 0.1) is 16.6 Å². The summed E-state index contributed by atoms with van der Waals surface area (Å²) in [5.41, 5.74) is 1.07. The van der Waals surface area contributed by atoms with Gasteiger partial charge in [0, 0.05) is 5.69 Å². The van der Waals surface area contributed by atoms with Gasteiger partial charge >= 0.3 is 6.18 Å². The SMILES string of the molecule is Cc1cc(C(=O)NCC(F)(F)F)c2c(C)noc2n1. The first-order chi connectivity index (χ1) is 8.78. The van der Waals surface area contributed by atoms with Crippen LogP contribution in [-0.4, -0.2) is 28.8 Å². The third kappa shape index (κ3) is 2.83. The van der Waals surface area contributed by atoms with E-state index in [4.69, 9.17) is 4.52 Å². The number of rotatable bonds is 2. The summed E-state index contributed by atoms with van der Waals surface area (Å²) in [6.07, 6.45) is -4.46. The summed E-state index contributed by atoms with van der Waals surface area (Å²) in [6.45, 7) is 1.81. The minimum atomic E-state index is -4.46. The van der Waals surface area contributed by atoms with Crippen LogP contribution in [0.25, 0.3) is 11.1 Å². The number of fused-ring (bicyclic) bond motifs is 1. The van der Waals surface area contributed by atoms with Gasteiger partial charge in [0.15, 0.2) is 0 Å². The van der Waals surface area contributed by atoms with Crippen molar-refractivity contribution >= 4 is 17.0 Å². The molecule has 0 spiro atoms. The van der Waals surface area contributed by atoms with Crippen molar-refractivity contribution in [3.8, 4) is 0 Å². The number of aromatic nitrogens is 2. The van der Waals surface area contributed by atoms with Crippen LogP contribution < -0.4 is 5.32 Å². The average molecular weight is 273 g/mol. The number of carbonyl (C=O) groups excluding carboxylic acids is 1. The van der Waals surface area contributed by atoms with Crippen molar-refractivity contribution in [1.29, 1.82) is 0 Å². The van der Waals surface area contributed by atoms with Crippen LogP contribution in [0.4, 0.5) is 13.2 Å². The average Bonchev–Trinajstić information content (AvgIpc) is 2.66. The number of pyridine rings is 1. The zero-order chi connectivity index (χ0) is 14.2. The number of nitrogens with zero attached hydrogens (tertiary/aromatic N) is 2. The van der Waals surface area contributed by atoms with Gasteiger partial charge in [-0.15, -0.1) is 0 Å². The lowest BCUT2D eigenvalue weighted by Gasteiger charge is -2.09. The Morgan fingerprint density at radius 1 is 1.42 bits per heavy atom. The molecule has 0 bridgehead atoms. The lowest BCUT2D eigenvalue weighted by molar-refractivity contribution is -0.123. The summed E-state index contributed by atoms with van der Waals surface area (Å²) in [5, 5.41) is 5.79. The lowest BCUT2D eigenvalue weighted by Crippen LogP contribution is -2.33. The Hall–Kier alpha value is -2.12. The molecule has 0 saturated heterocycles. The van der Waals surface area contributed by atoms with Gasteiger partial charge < -0.3 is 9.84 Å².